The van der Waals surface area contributed by atoms with E-state index in [2.05, 4.69) is 4.65 Å². The lowest BCUT2D eigenvalue weighted by molar-refractivity contribution is 0.220. The van der Waals surface area contributed by atoms with Gasteiger partial charge in [-0.15, -0.1) is 11.8 Å². The van der Waals surface area contributed by atoms with Crippen LogP contribution in [0.4, 0.5) is 0 Å². The Morgan fingerprint density at radius 2 is 2.25 bits per heavy atom. The van der Waals surface area contributed by atoms with Gasteiger partial charge in [0, 0.05) is 0 Å². The molecule has 0 radical (unpaired) electrons. The van der Waals surface area contributed by atoms with Crippen LogP contribution in [0.3, 0.4) is 0 Å². The van der Waals surface area contributed by atoms with Gasteiger partial charge in [0.25, 0.3) is 0 Å². The first kappa shape index (κ1) is 8.29. The van der Waals surface area contributed by atoms with Crippen molar-refractivity contribution in [1.29, 1.82) is 0 Å². The van der Waals surface area contributed by atoms with Crippen molar-refractivity contribution in [3.63, 3.8) is 0 Å². The maximum Gasteiger partial charge on any atom is 0.634 e. The molecule has 0 unspecified atom stereocenters. The van der Waals surface area contributed by atoms with E-state index in [1.807, 2.05) is 6.92 Å². The molecule has 0 bridgehead atoms. The van der Waals surface area contributed by atoms with Crippen molar-refractivity contribution >= 4 is 19.1 Å². The lowest BCUT2D eigenvalue weighted by Crippen LogP contribution is -2.16. The van der Waals surface area contributed by atoms with Gasteiger partial charge in [-0.2, -0.15) is 0 Å². The summed E-state index contributed by atoms with van der Waals surface area (Å²) >= 11 is 1.49. The summed E-state index contributed by atoms with van der Waals surface area (Å²) in [6, 6.07) is 0. The lowest BCUT2D eigenvalue weighted by atomic mass is 10.3. The Morgan fingerprint density at radius 1 is 1.62 bits per heavy atom. The maximum absolute atomic E-state index is 8.10. The van der Waals surface area contributed by atoms with Crippen molar-refractivity contribution in [3.8, 4) is 0 Å². The minimum absolute atomic E-state index is 0.341. The highest BCUT2D eigenvalue weighted by molar-refractivity contribution is 7.99. The fourth-order valence-corrected chi connectivity index (χ4v) is 0.577. The molecule has 0 aromatic heterocycles. The Bertz CT molecular complexity index is 51.8. The molecule has 0 aromatic carbocycles. The number of rotatable bonds is 4. The molecule has 48 valence electrons. The van der Waals surface area contributed by atoms with E-state index in [1.54, 1.807) is 0 Å². The standard InChI is InChI=1S/C3H9BO3S/c1-2-8-3-7-4(5)6/h5-6H,2-3H2,1H3. The van der Waals surface area contributed by atoms with Crippen molar-refractivity contribution in [2.24, 2.45) is 0 Å². The third-order valence-corrected chi connectivity index (χ3v) is 1.22. The molecule has 0 aliphatic carbocycles. The van der Waals surface area contributed by atoms with E-state index in [0.29, 0.717) is 5.94 Å². The van der Waals surface area contributed by atoms with Gasteiger partial charge in [-0.05, 0) is 5.75 Å². The fourth-order valence-electron chi connectivity index (χ4n) is 0.192. The van der Waals surface area contributed by atoms with Gasteiger partial charge in [-0.3, -0.25) is 0 Å². The largest absolute Gasteiger partial charge is 0.634 e. The van der Waals surface area contributed by atoms with Crippen LogP contribution in [-0.4, -0.2) is 29.1 Å². The van der Waals surface area contributed by atoms with E-state index in [9.17, 15) is 0 Å². The van der Waals surface area contributed by atoms with Crippen LogP contribution < -0.4 is 0 Å². The Kier molecular flexibility index (Phi) is 5.63. The van der Waals surface area contributed by atoms with E-state index in [4.69, 9.17) is 10.0 Å². The first-order valence-electron chi connectivity index (χ1n) is 2.33. The topological polar surface area (TPSA) is 49.7 Å². The zero-order chi connectivity index (χ0) is 6.41. The summed E-state index contributed by atoms with van der Waals surface area (Å²) in [4.78, 5) is 0. The van der Waals surface area contributed by atoms with Crippen LogP contribution in [0.25, 0.3) is 0 Å². The molecule has 0 saturated heterocycles. The van der Waals surface area contributed by atoms with E-state index < -0.39 is 7.32 Å². The van der Waals surface area contributed by atoms with Crippen LogP contribution in [0, 0.1) is 0 Å². The number of hydrogen-bond acceptors (Lipinski definition) is 4. The van der Waals surface area contributed by atoms with Gasteiger partial charge in [0.1, 0.15) is 0 Å². The molecule has 0 atom stereocenters. The molecule has 0 heterocycles. The molecular formula is C3H9BO3S. The van der Waals surface area contributed by atoms with E-state index in [0.717, 1.165) is 5.75 Å². The van der Waals surface area contributed by atoms with Crippen LogP contribution >= 0.6 is 11.8 Å². The van der Waals surface area contributed by atoms with Crippen molar-refractivity contribution in [3.05, 3.63) is 0 Å². The summed E-state index contributed by atoms with van der Waals surface area (Å²) in [5.74, 6) is 1.26. The Morgan fingerprint density at radius 3 is 2.62 bits per heavy atom. The molecule has 5 heteroatoms. The molecule has 0 aromatic rings. The minimum Gasteiger partial charge on any atom is -0.402 e. The Balaban J connectivity index is 2.72. The third kappa shape index (κ3) is 6.29. The van der Waals surface area contributed by atoms with Crippen molar-refractivity contribution in [2.75, 3.05) is 11.7 Å². The monoisotopic (exact) mass is 136 g/mol. The molecule has 3 nitrogen and oxygen atoms in total. The summed E-state index contributed by atoms with van der Waals surface area (Å²) in [7, 11) is -1.62. The second-order valence-corrected chi connectivity index (χ2v) is 2.32. The summed E-state index contributed by atoms with van der Waals surface area (Å²) in [6.07, 6.45) is 0. The van der Waals surface area contributed by atoms with Crippen LogP contribution in [0.15, 0.2) is 0 Å². The zero-order valence-corrected chi connectivity index (χ0v) is 5.52. The van der Waals surface area contributed by atoms with Gasteiger partial charge in [0.15, 0.2) is 0 Å². The average molecular weight is 136 g/mol. The molecule has 0 aliphatic heterocycles. The Labute approximate surface area is 53.2 Å². The van der Waals surface area contributed by atoms with Gasteiger partial charge in [0.05, 0.1) is 5.94 Å². The molecule has 2 N–H and O–H groups in total. The highest BCUT2D eigenvalue weighted by atomic mass is 32.2. The van der Waals surface area contributed by atoms with Gasteiger partial charge < -0.3 is 14.7 Å². The van der Waals surface area contributed by atoms with Gasteiger partial charge in [0.2, 0.25) is 0 Å². The van der Waals surface area contributed by atoms with Crippen LogP contribution in [-0.2, 0) is 4.65 Å². The smallest absolute Gasteiger partial charge is 0.402 e. The second kappa shape index (κ2) is 5.43. The van der Waals surface area contributed by atoms with Gasteiger partial charge >= 0.3 is 7.32 Å². The highest BCUT2D eigenvalue weighted by Crippen LogP contribution is 1.97. The molecule has 0 saturated carbocycles. The third-order valence-electron chi connectivity index (χ3n) is 0.505. The summed E-state index contributed by atoms with van der Waals surface area (Å²) in [5, 5.41) is 16.2. The van der Waals surface area contributed by atoms with Crippen LogP contribution in [0.2, 0.25) is 0 Å². The summed E-state index contributed by atoms with van der Waals surface area (Å²) in [6.45, 7) is 1.97. The van der Waals surface area contributed by atoms with Gasteiger partial charge in [-0.1, -0.05) is 6.92 Å². The fraction of sp³-hybridized carbons (Fsp3) is 1.00. The second-order valence-electron chi connectivity index (χ2n) is 1.10. The average Bonchev–Trinajstić information content (AvgIpc) is 1.66. The minimum atomic E-state index is -1.62. The van der Waals surface area contributed by atoms with E-state index >= 15 is 0 Å². The molecule has 0 amide bonds. The lowest BCUT2D eigenvalue weighted by Gasteiger charge is -1.97. The number of hydrogen-bond donors (Lipinski definition) is 2. The SMILES string of the molecule is CCSCOB(O)O. The predicted molar refractivity (Wildman–Crippen MR) is 34.3 cm³/mol. The molecule has 8 heavy (non-hydrogen) atoms. The molecule has 0 spiro atoms. The van der Waals surface area contributed by atoms with Crippen LogP contribution in [0.1, 0.15) is 6.92 Å². The first-order valence-corrected chi connectivity index (χ1v) is 3.48. The molecule has 0 rings (SSSR count). The Hall–Kier alpha value is 0.295. The van der Waals surface area contributed by atoms with Crippen LogP contribution in [0.5, 0.6) is 0 Å². The molecule has 0 fully saturated rings. The normalized spacial score (nSPS) is 9.38. The number of thioether (sulfide) groups is 1. The van der Waals surface area contributed by atoms with Crippen molar-refractivity contribution in [1.82, 2.24) is 0 Å². The summed E-state index contributed by atoms with van der Waals surface area (Å²) < 4.78 is 4.36. The first-order chi connectivity index (χ1) is 3.77. The summed E-state index contributed by atoms with van der Waals surface area (Å²) in [5.41, 5.74) is 0. The maximum atomic E-state index is 8.10. The molecular weight excluding hydrogens is 127 g/mol. The quantitative estimate of drug-likeness (QED) is 0.316. The van der Waals surface area contributed by atoms with Crippen molar-refractivity contribution in [2.45, 2.75) is 6.92 Å². The predicted octanol–water partition coefficient (Wildman–Crippen LogP) is -0.317. The van der Waals surface area contributed by atoms with E-state index in [-0.39, 0.29) is 0 Å². The van der Waals surface area contributed by atoms with Crippen molar-refractivity contribution < 1.29 is 14.7 Å². The van der Waals surface area contributed by atoms with E-state index in [1.165, 1.54) is 11.8 Å². The zero-order valence-electron chi connectivity index (χ0n) is 4.70. The molecule has 0 aliphatic rings. The van der Waals surface area contributed by atoms with Gasteiger partial charge in [-0.25, -0.2) is 0 Å². The highest BCUT2D eigenvalue weighted by Gasteiger charge is 2.05.